The summed E-state index contributed by atoms with van der Waals surface area (Å²) in [6.45, 7) is 0.555. The molecular formula is C18H18FN5S. The number of hydrogen-bond acceptors (Lipinski definition) is 5. The number of aromatic nitrogens is 4. The van der Waals surface area contributed by atoms with Crippen molar-refractivity contribution in [2.75, 3.05) is 12.8 Å². The van der Waals surface area contributed by atoms with E-state index in [4.69, 9.17) is 10.7 Å². The third-order valence-corrected chi connectivity index (χ3v) is 5.06. The van der Waals surface area contributed by atoms with Crippen molar-refractivity contribution < 1.29 is 4.39 Å². The lowest BCUT2D eigenvalue weighted by atomic mass is 10.1. The number of aryl methyl sites for hydroxylation is 1. The fourth-order valence-corrected chi connectivity index (χ4v) is 3.68. The van der Waals surface area contributed by atoms with Crippen molar-refractivity contribution in [3.8, 4) is 22.6 Å². The van der Waals surface area contributed by atoms with Gasteiger partial charge in [0.15, 0.2) is 5.16 Å². The summed E-state index contributed by atoms with van der Waals surface area (Å²) in [7, 11) is 0. The lowest BCUT2D eigenvalue weighted by Crippen LogP contribution is -2.16. The highest BCUT2D eigenvalue weighted by molar-refractivity contribution is 7.98. The standard InChI is InChI=1S/C18H18FN5S/c1-25-18-21-9-8-14(22-18)17-16(11-2-4-12(19)5-3-11)23-15-7-6-13(10-20)24(15)17/h2-5,8-9,13H,6-7,10,20H2,1H3/t13-/m0/s1. The van der Waals surface area contributed by atoms with Gasteiger partial charge in [-0.1, -0.05) is 11.8 Å². The van der Waals surface area contributed by atoms with Crippen molar-refractivity contribution in [3.05, 3.63) is 48.2 Å². The van der Waals surface area contributed by atoms with E-state index in [0.717, 1.165) is 41.3 Å². The number of hydrogen-bond donors (Lipinski definition) is 1. The van der Waals surface area contributed by atoms with Gasteiger partial charge in [-0.2, -0.15) is 0 Å². The quantitative estimate of drug-likeness (QED) is 0.574. The third-order valence-electron chi connectivity index (χ3n) is 4.50. The lowest BCUT2D eigenvalue weighted by molar-refractivity contribution is 0.543. The van der Waals surface area contributed by atoms with Crippen LogP contribution in [-0.2, 0) is 6.42 Å². The average Bonchev–Trinajstić information content (AvgIpc) is 3.21. The Morgan fingerprint density at radius 1 is 1.24 bits per heavy atom. The van der Waals surface area contributed by atoms with Gasteiger partial charge in [0.25, 0.3) is 0 Å². The zero-order valence-corrected chi connectivity index (χ0v) is 14.6. The number of halogens is 1. The summed E-state index contributed by atoms with van der Waals surface area (Å²) < 4.78 is 15.5. The van der Waals surface area contributed by atoms with Gasteiger partial charge in [0, 0.05) is 30.8 Å². The topological polar surface area (TPSA) is 69.6 Å². The van der Waals surface area contributed by atoms with Crippen LogP contribution in [0, 0.1) is 5.82 Å². The number of imidazole rings is 1. The van der Waals surface area contributed by atoms with Crippen LogP contribution in [0.15, 0.2) is 41.7 Å². The second-order valence-corrected chi connectivity index (χ2v) is 6.73. The predicted octanol–water partition coefficient (Wildman–Crippen LogP) is 3.31. The molecule has 3 heterocycles. The SMILES string of the molecule is CSc1nccc(-c2c(-c3ccc(F)cc3)nc3n2[C@H](CN)CC3)n1. The van der Waals surface area contributed by atoms with Crippen molar-refractivity contribution in [2.45, 2.75) is 24.0 Å². The van der Waals surface area contributed by atoms with Crippen LogP contribution in [0.5, 0.6) is 0 Å². The minimum atomic E-state index is -0.261. The Bertz CT molecular complexity index is 906. The van der Waals surface area contributed by atoms with Gasteiger partial charge in [-0.25, -0.2) is 19.3 Å². The molecule has 0 fully saturated rings. The molecule has 1 aliphatic rings. The van der Waals surface area contributed by atoms with Crippen LogP contribution in [0.4, 0.5) is 4.39 Å². The molecule has 0 spiro atoms. The van der Waals surface area contributed by atoms with Gasteiger partial charge in [-0.3, -0.25) is 0 Å². The smallest absolute Gasteiger partial charge is 0.187 e. The Labute approximate surface area is 149 Å². The monoisotopic (exact) mass is 355 g/mol. The van der Waals surface area contributed by atoms with Crippen molar-refractivity contribution in [2.24, 2.45) is 5.73 Å². The second-order valence-electron chi connectivity index (χ2n) is 5.96. The van der Waals surface area contributed by atoms with E-state index in [9.17, 15) is 4.39 Å². The minimum Gasteiger partial charge on any atom is -0.328 e. The maximum absolute atomic E-state index is 13.3. The van der Waals surface area contributed by atoms with Gasteiger partial charge in [-0.15, -0.1) is 0 Å². The molecule has 128 valence electrons. The molecule has 0 aliphatic carbocycles. The van der Waals surface area contributed by atoms with Crippen LogP contribution in [-0.4, -0.2) is 32.3 Å². The Hall–Kier alpha value is -2.25. The van der Waals surface area contributed by atoms with E-state index >= 15 is 0 Å². The second kappa shape index (κ2) is 6.57. The van der Waals surface area contributed by atoms with Crippen molar-refractivity contribution in [1.82, 2.24) is 19.5 Å². The normalized spacial score (nSPS) is 16.2. The molecule has 7 heteroatoms. The van der Waals surface area contributed by atoms with Crippen molar-refractivity contribution in [1.29, 1.82) is 0 Å². The van der Waals surface area contributed by atoms with Gasteiger partial charge in [0.1, 0.15) is 11.6 Å². The first-order chi connectivity index (χ1) is 12.2. The molecule has 4 rings (SSSR count). The summed E-state index contributed by atoms with van der Waals surface area (Å²) in [5, 5.41) is 0.709. The summed E-state index contributed by atoms with van der Waals surface area (Å²) in [6, 6.07) is 8.52. The van der Waals surface area contributed by atoms with Crippen LogP contribution in [0.2, 0.25) is 0 Å². The van der Waals surface area contributed by atoms with E-state index < -0.39 is 0 Å². The molecular weight excluding hydrogens is 337 g/mol. The highest BCUT2D eigenvalue weighted by atomic mass is 32.2. The maximum atomic E-state index is 13.3. The van der Waals surface area contributed by atoms with E-state index in [1.54, 1.807) is 18.3 Å². The lowest BCUT2D eigenvalue weighted by Gasteiger charge is -2.15. The molecule has 1 aromatic carbocycles. The third kappa shape index (κ3) is 2.83. The largest absolute Gasteiger partial charge is 0.328 e. The van der Waals surface area contributed by atoms with E-state index in [2.05, 4.69) is 14.5 Å². The molecule has 2 N–H and O–H groups in total. The number of nitrogens with zero attached hydrogens (tertiary/aromatic N) is 4. The summed E-state index contributed by atoms with van der Waals surface area (Å²) >= 11 is 1.50. The van der Waals surface area contributed by atoms with Crippen molar-refractivity contribution >= 4 is 11.8 Å². The van der Waals surface area contributed by atoms with E-state index in [1.165, 1.54) is 23.9 Å². The molecule has 0 saturated carbocycles. The Balaban J connectivity index is 1.94. The molecule has 1 atom stereocenters. The number of benzene rings is 1. The first-order valence-electron chi connectivity index (χ1n) is 8.15. The van der Waals surface area contributed by atoms with Gasteiger partial charge in [0.2, 0.25) is 0 Å². The first kappa shape index (κ1) is 16.2. The Morgan fingerprint density at radius 3 is 2.76 bits per heavy atom. The van der Waals surface area contributed by atoms with Crippen LogP contribution in [0.1, 0.15) is 18.3 Å². The molecule has 0 bridgehead atoms. The molecule has 5 nitrogen and oxygen atoms in total. The Morgan fingerprint density at radius 2 is 2.04 bits per heavy atom. The Kier molecular flexibility index (Phi) is 4.27. The van der Waals surface area contributed by atoms with E-state index in [1.807, 2.05) is 12.3 Å². The van der Waals surface area contributed by atoms with E-state index in [0.29, 0.717) is 11.7 Å². The van der Waals surface area contributed by atoms with Crippen LogP contribution in [0.25, 0.3) is 22.6 Å². The molecule has 0 amide bonds. The zero-order valence-electron chi connectivity index (χ0n) is 13.8. The summed E-state index contributed by atoms with van der Waals surface area (Å²) in [6.07, 6.45) is 5.57. The molecule has 0 saturated heterocycles. The number of nitrogens with two attached hydrogens (primary N) is 1. The summed E-state index contributed by atoms with van der Waals surface area (Å²) in [5.74, 6) is 0.748. The minimum absolute atomic E-state index is 0.208. The molecule has 1 aliphatic heterocycles. The van der Waals surface area contributed by atoms with Gasteiger partial charge >= 0.3 is 0 Å². The molecule has 2 aromatic heterocycles. The predicted molar refractivity (Wildman–Crippen MR) is 96.8 cm³/mol. The number of thioether (sulfide) groups is 1. The first-order valence-corrected chi connectivity index (χ1v) is 9.38. The summed E-state index contributed by atoms with van der Waals surface area (Å²) in [4.78, 5) is 13.8. The van der Waals surface area contributed by atoms with E-state index in [-0.39, 0.29) is 11.9 Å². The molecule has 3 aromatic rings. The van der Waals surface area contributed by atoms with Gasteiger partial charge < -0.3 is 10.3 Å². The highest BCUT2D eigenvalue weighted by Crippen LogP contribution is 2.38. The number of fused-ring (bicyclic) bond motifs is 1. The molecule has 0 unspecified atom stereocenters. The van der Waals surface area contributed by atoms with Gasteiger partial charge in [-0.05, 0) is 43.0 Å². The van der Waals surface area contributed by atoms with Crippen LogP contribution in [0.3, 0.4) is 0 Å². The van der Waals surface area contributed by atoms with Gasteiger partial charge in [0.05, 0.1) is 17.1 Å². The fraction of sp³-hybridized carbons (Fsp3) is 0.278. The maximum Gasteiger partial charge on any atom is 0.187 e. The molecule has 0 radical (unpaired) electrons. The zero-order chi connectivity index (χ0) is 17.4. The average molecular weight is 355 g/mol. The fourth-order valence-electron chi connectivity index (χ4n) is 3.32. The number of rotatable bonds is 4. The van der Waals surface area contributed by atoms with Crippen molar-refractivity contribution in [3.63, 3.8) is 0 Å². The summed E-state index contributed by atoms with van der Waals surface area (Å²) in [5.41, 5.74) is 9.43. The molecule has 25 heavy (non-hydrogen) atoms. The highest BCUT2D eigenvalue weighted by Gasteiger charge is 2.30. The van der Waals surface area contributed by atoms with Crippen LogP contribution >= 0.6 is 11.8 Å². The van der Waals surface area contributed by atoms with Crippen LogP contribution < -0.4 is 5.73 Å².